The van der Waals surface area contributed by atoms with Crippen LogP contribution in [0.4, 0.5) is 0 Å². The van der Waals surface area contributed by atoms with Gasteiger partial charge in [-0.05, 0) is 36.0 Å². The molecule has 2 atom stereocenters. The first-order valence-electron chi connectivity index (χ1n) is 10.4. The van der Waals surface area contributed by atoms with E-state index in [0.717, 1.165) is 37.7 Å². The van der Waals surface area contributed by atoms with Crippen LogP contribution in [0.5, 0.6) is 0 Å². The summed E-state index contributed by atoms with van der Waals surface area (Å²) in [4.78, 5) is 0. The van der Waals surface area contributed by atoms with Crippen LogP contribution in [-0.4, -0.2) is 5.11 Å². The van der Waals surface area contributed by atoms with Crippen LogP contribution in [0.1, 0.15) is 89.3 Å². The summed E-state index contributed by atoms with van der Waals surface area (Å²) < 4.78 is 0. The average molecular weight is 355 g/mol. The van der Waals surface area contributed by atoms with Crippen LogP contribution >= 0.6 is 0 Å². The summed E-state index contributed by atoms with van der Waals surface area (Å²) in [6.07, 6.45) is 6.15. The molecule has 26 heavy (non-hydrogen) atoms. The molecule has 0 saturated heterocycles. The van der Waals surface area contributed by atoms with Crippen molar-refractivity contribution in [3.8, 4) is 0 Å². The Labute approximate surface area is 161 Å². The van der Waals surface area contributed by atoms with Crippen molar-refractivity contribution >= 4 is 0 Å². The van der Waals surface area contributed by atoms with Crippen molar-refractivity contribution in [2.45, 2.75) is 84.7 Å². The number of benzene rings is 2. The fourth-order valence-electron chi connectivity index (χ4n) is 3.53. The maximum absolute atomic E-state index is 11.7. The molecule has 0 radical (unpaired) electrons. The SMILES string of the molecule is CCC.CCCCC(O)(c1ccc(CC)cc1)C(CC)c1ccccc1. The zero-order valence-corrected chi connectivity index (χ0v) is 17.5. The first kappa shape index (κ1) is 22.4. The monoisotopic (exact) mass is 354 g/mol. The molecule has 2 aromatic rings. The Balaban J connectivity index is 0.00000105. The molecular formula is C25H38O. The van der Waals surface area contributed by atoms with Crippen molar-refractivity contribution in [3.05, 3.63) is 71.3 Å². The molecule has 0 saturated carbocycles. The average Bonchev–Trinajstić information content (AvgIpc) is 2.68. The van der Waals surface area contributed by atoms with Crippen molar-refractivity contribution in [3.63, 3.8) is 0 Å². The molecule has 1 heteroatoms. The molecule has 0 aliphatic heterocycles. The van der Waals surface area contributed by atoms with Crippen LogP contribution in [0.25, 0.3) is 0 Å². The van der Waals surface area contributed by atoms with Gasteiger partial charge in [0, 0.05) is 5.92 Å². The Hall–Kier alpha value is -1.60. The second-order valence-corrected chi connectivity index (χ2v) is 7.16. The summed E-state index contributed by atoms with van der Waals surface area (Å²) in [5.41, 5.74) is 2.81. The first-order valence-corrected chi connectivity index (χ1v) is 10.4. The van der Waals surface area contributed by atoms with Gasteiger partial charge in [-0.1, -0.05) is 108 Å². The van der Waals surface area contributed by atoms with Crippen molar-refractivity contribution in [2.75, 3.05) is 0 Å². The van der Waals surface area contributed by atoms with E-state index in [-0.39, 0.29) is 5.92 Å². The highest BCUT2D eigenvalue weighted by atomic mass is 16.3. The predicted molar refractivity (Wildman–Crippen MR) is 115 cm³/mol. The van der Waals surface area contributed by atoms with Crippen LogP contribution < -0.4 is 0 Å². The van der Waals surface area contributed by atoms with Gasteiger partial charge in [0.15, 0.2) is 0 Å². The summed E-state index contributed by atoms with van der Waals surface area (Å²) in [5.74, 6) is 0.128. The zero-order valence-electron chi connectivity index (χ0n) is 17.5. The van der Waals surface area contributed by atoms with Crippen molar-refractivity contribution < 1.29 is 5.11 Å². The molecule has 1 nitrogen and oxygen atoms in total. The smallest absolute Gasteiger partial charge is 0.0964 e. The van der Waals surface area contributed by atoms with E-state index in [9.17, 15) is 5.11 Å². The summed E-state index contributed by atoms with van der Waals surface area (Å²) in [5, 5.41) is 11.7. The van der Waals surface area contributed by atoms with E-state index in [1.165, 1.54) is 17.5 Å². The molecule has 1 N–H and O–H groups in total. The van der Waals surface area contributed by atoms with E-state index in [1.54, 1.807) is 0 Å². The van der Waals surface area contributed by atoms with Crippen molar-refractivity contribution in [1.82, 2.24) is 0 Å². The number of unbranched alkanes of at least 4 members (excludes halogenated alkanes) is 1. The van der Waals surface area contributed by atoms with Gasteiger partial charge in [0.1, 0.15) is 0 Å². The molecule has 0 spiro atoms. The third-order valence-corrected chi connectivity index (χ3v) is 4.96. The Morgan fingerprint density at radius 1 is 0.846 bits per heavy atom. The molecule has 0 aromatic heterocycles. The van der Waals surface area contributed by atoms with Gasteiger partial charge < -0.3 is 5.11 Å². The maximum atomic E-state index is 11.7. The molecule has 0 amide bonds. The minimum atomic E-state index is -0.793. The van der Waals surface area contributed by atoms with E-state index >= 15 is 0 Å². The molecular weight excluding hydrogens is 316 g/mol. The number of aliphatic hydroxyl groups is 1. The topological polar surface area (TPSA) is 20.2 Å². The van der Waals surface area contributed by atoms with Gasteiger partial charge in [-0.15, -0.1) is 0 Å². The largest absolute Gasteiger partial charge is 0.385 e. The molecule has 0 aliphatic rings. The van der Waals surface area contributed by atoms with E-state index in [2.05, 4.69) is 83.1 Å². The number of rotatable bonds is 8. The summed E-state index contributed by atoms with van der Waals surface area (Å²) >= 11 is 0. The Morgan fingerprint density at radius 2 is 1.42 bits per heavy atom. The molecule has 0 bridgehead atoms. The molecule has 144 valence electrons. The van der Waals surface area contributed by atoms with Crippen LogP contribution in [0.2, 0.25) is 0 Å². The van der Waals surface area contributed by atoms with Gasteiger partial charge in [-0.3, -0.25) is 0 Å². The fourth-order valence-corrected chi connectivity index (χ4v) is 3.53. The van der Waals surface area contributed by atoms with E-state index < -0.39 is 5.60 Å². The van der Waals surface area contributed by atoms with E-state index in [1.807, 2.05) is 6.07 Å². The molecule has 2 unspecified atom stereocenters. The van der Waals surface area contributed by atoms with Crippen molar-refractivity contribution in [2.24, 2.45) is 0 Å². The van der Waals surface area contributed by atoms with E-state index in [4.69, 9.17) is 0 Å². The number of hydrogen-bond donors (Lipinski definition) is 1. The third-order valence-electron chi connectivity index (χ3n) is 4.96. The molecule has 2 rings (SSSR count). The second kappa shape index (κ2) is 11.9. The zero-order chi connectivity index (χ0) is 19.4. The van der Waals surface area contributed by atoms with Gasteiger partial charge in [0.2, 0.25) is 0 Å². The third kappa shape index (κ3) is 5.99. The molecule has 0 heterocycles. The Kier molecular flexibility index (Phi) is 10.3. The van der Waals surface area contributed by atoms with Crippen LogP contribution in [0.3, 0.4) is 0 Å². The highest BCUT2D eigenvalue weighted by Crippen LogP contribution is 2.43. The van der Waals surface area contributed by atoms with Crippen LogP contribution in [0.15, 0.2) is 54.6 Å². The minimum absolute atomic E-state index is 0.128. The molecule has 0 fully saturated rings. The lowest BCUT2D eigenvalue weighted by Crippen LogP contribution is -2.33. The van der Waals surface area contributed by atoms with Gasteiger partial charge in [0.05, 0.1) is 5.60 Å². The van der Waals surface area contributed by atoms with Gasteiger partial charge in [-0.2, -0.15) is 0 Å². The summed E-state index contributed by atoms with van der Waals surface area (Å²) in [6, 6.07) is 19.0. The van der Waals surface area contributed by atoms with E-state index in [0.29, 0.717) is 0 Å². The van der Waals surface area contributed by atoms with Crippen LogP contribution in [0, 0.1) is 0 Å². The summed E-state index contributed by atoms with van der Waals surface area (Å²) in [7, 11) is 0. The number of hydrogen-bond acceptors (Lipinski definition) is 1. The van der Waals surface area contributed by atoms with Gasteiger partial charge >= 0.3 is 0 Å². The second-order valence-electron chi connectivity index (χ2n) is 7.16. The Bertz CT molecular complexity index is 587. The normalized spacial score (nSPS) is 14.1. The fraction of sp³-hybridized carbons (Fsp3) is 0.520. The first-order chi connectivity index (χ1) is 12.6. The lowest BCUT2D eigenvalue weighted by atomic mass is 9.73. The number of aryl methyl sites for hydroxylation is 1. The lowest BCUT2D eigenvalue weighted by Gasteiger charge is -2.37. The quantitative estimate of drug-likeness (QED) is 0.530. The van der Waals surface area contributed by atoms with Crippen LogP contribution in [-0.2, 0) is 12.0 Å². The van der Waals surface area contributed by atoms with Gasteiger partial charge in [0.25, 0.3) is 0 Å². The highest BCUT2D eigenvalue weighted by molar-refractivity contribution is 5.33. The minimum Gasteiger partial charge on any atom is -0.385 e. The van der Waals surface area contributed by atoms with Gasteiger partial charge in [-0.25, -0.2) is 0 Å². The molecule has 2 aromatic carbocycles. The highest BCUT2D eigenvalue weighted by Gasteiger charge is 2.37. The summed E-state index contributed by atoms with van der Waals surface area (Å²) in [6.45, 7) is 10.8. The lowest BCUT2D eigenvalue weighted by molar-refractivity contribution is -0.00514. The standard InChI is InChI=1S/C22H30O.C3H8/c1-4-7-17-22(23,20-15-13-18(5-2)14-16-20)21(6-3)19-11-9-8-10-12-19;1-3-2/h8-16,21,23H,4-7,17H2,1-3H3;3H2,1-2H3. The van der Waals surface area contributed by atoms with Crippen molar-refractivity contribution in [1.29, 1.82) is 0 Å². The maximum Gasteiger partial charge on any atom is 0.0964 e. The Morgan fingerprint density at radius 3 is 1.88 bits per heavy atom. The molecule has 0 aliphatic carbocycles. The predicted octanol–water partition coefficient (Wildman–Crippen LogP) is 7.24.